The van der Waals surface area contributed by atoms with Gasteiger partial charge < -0.3 is 24.6 Å². The lowest BCUT2D eigenvalue weighted by Gasteiger charge is -2.56. The summed E-state index contributed by atoms with van der Waals surface area (Å²) in [7, 11) is 0. The second-order valence-electron chi connectivity index (χ2n) is 20.6. The molecule has 0 amide bonds. The van der Waals surface area contributed by atoms with Crippen LogP contribution in [-0.2, 0) is 33.4 Å². The number of hydrogen-bond donors (Lipinski definition) is 2. The van der Waals surface area contributed by atoms with Crippen LogP contribution in [0, 0.1) is 28.6 Å². The Morgan fingerprint density at radius 2 is 1.31 bits per heavy atom. The quantitative estimate of drug-likeness (QED) is 0.0472. The smallest absolute Gasteiger partial charge is 0.306 e. The van der Waals surface area contributed by atoms with Crippen molar-refractivity contribution < 1.29 is 43.7 Å². The molecule has 3 saturated carbocycles. The van der Waals surface area contributed by atoms with Gasteiger partial charge >= 0.3 is 11.9 Å². The number of ether oxygens (including phenoxy) is 2. The number of nitrogens with zero attached hydrogens (tertiary/aromatic N) is 1. The van der Waals surface area contributed by atoms with Crippen LogP contribution in [0.15, 0.2) is 23.8 Å². The zero-order chi connectivity index (χ0) is 46.4. The van der Waals surface area contributed by atoms with Gasteiger partial charge in [-0.2, -0.15) is 0 Å². The Bertz CT molecular complexity index is 1520. The third kappa shape index (κ3) is 15.4. The predicted octanol–water partition coefficient (Wildman–Crippen LogP) is 10.9. The molecular formula is C54H89NO9. The van der Waals surface area contributed by atoms with E-state index in [4.69, 9.17) is 9.47 Å². The van der Waals surface area contributed by atoms with E-state index in [0.29, 0.717) is 19.3 Å². The van der Waals surface area contributed by atoms with Gasteiger partial charge in [0, 0.05) is 42.6 Å². The van der Waals surface area contributed by atoms with Gasteiger partial charge in [0.05, 0.1) is 0 Å². The highest BCUT2D eigenvalue weighted by atomic mass is 16.5. The molecular weight excluding hydrogens is 807 g/mol. The molecule has 10 nitrogen and oxygen atoms in total. The zero-order valence-electron chi connectivity index (χ0n) is 40.8. The van der Waals surface area contributed by atoms with Gasteiger partial charge in [0.1, 0.15) is 17.5 Å². The van der Waals surface area contributed by atoms with E-state index in [1.165, 1.54) is 64.2 Å². The summed E-state index contributed by atoms with van der Waals surface area (Å²) in [5.74, 6) is -1.32. The average Bonchev–Trinajstić information content (AvgIpc) is 3.54. The van der Waals surface area contributed by atoms with E-state index < -0.39 is 34.8 Å². The number of aliphatic hydroxyl groups excluding tert-OH is 1. The van der Waals surface area contributed by atoms with Gasteiger partial charge in [0.2, 0.25) is 5.78 Å². The molecule has 364 valence electrons. The maximum Gasteiger partial charge on any atom is 0.306 e. The van der Waals surface area contributed by atoms with Crippen LogP contribution >= 0.6 is 0 Å². The molecule has 10 heteroatoms. The number of Topliss-reactive ketones (excluding diaryl/α,β-unsaturated/α-hetero) is 2. The van der Waals surface area contributed by atoms with Crippen LogP contribution in [0.4, 0.5) is 0 Å². The van der Waals surface area contributed by atoms with Crippen LogP contribution in [0.2, 0.25) is 0 Å². The minimum absolute atomic E-state index is 0.00823. The number of esters is 2. The monoisotopic (exact) mass is 896 g/mol. The molecule has 0 saturated heterocycles. The fraction of sp³-hybridized carbons (Fsp3) is 0.833. The maximum atomic E-state index is 13.9. The molecule has 0 aliphatic heterocycles. The van der Waals surface area contributed by atoms with E-state index in [-0.39, 0.29) is 67.3 Å². The number of unbranched alkanes of at least 4 members (excludes halogenated alkanes) is 15. The molecule has 0 aromatic heterocycles. The van der Waals surface area contributed by atoms with E-state index in [1.54, 1.807) is 12.2 Å². The van der Waals surface area contributed by atoms with Crippen molar-refractivity contribution in [3.8, 4) is 0 Å². The summed E-state index contributed by atoms with van der Waals surface area (Å²) in [4.78, 5) is 67.9. The van der Waals surface area contributed by atoms with Crippen molar-refractivity contribution in [3.05, 3.63) is 23.8 Å². The van der Waals surface area contributed by atoms with Crippen LogP contribution in [-0.4, -0.2) is 89.0 Å². The highest BCUT2D eigenvalue weighted by Crippen LogP contribution is 2.66. The third-order valence-corrected chi connectivity index (χ3v) is 15.9. The summed E-state index contributed by atoms with van der Waals surface area (Å²) in [5, 5.41) is 21.4. The number of fused-ring (bicyclic) bond motifs is 5. The molecule has 0 spiro atoms. The van der Waals surface area contributed by atoms with Gasteiger partial charge in [0.15, 0.2) is 12.4 Å². The van der Waals surface area contributed by atoms with Crippen LogP contribution in [0.1, 0.15) is 214 Å². The molecule has 0 bridgehead atoms. The van der Waals surface area contributed by atoms with Gasteiger partial charge in [-0.15, -0.1) is 0 Å². The minimum atomic E-state index is -1.74. The first-order valence-corrected chi connectivity index (χ1v) is 26.2. The van der Waals surface area contributed by atoms with Gasteiger partial charge in [-0.25, -0.2) is 0 Å². The normalized spacial score (nSPS) is 26.2. The summed E-state index contributed by atoms with van der Waals surface area (Å²) in [5.41, 5.74) is -2.18. The summed E-state index contributed by atoms with van der Waals surface area (Å²) in [6, 6.07) is 0. The van der Waals surface area contributed by atoms with Crippen molar-refractivity contribution in [2.45, 2.75) is 226 Å². The van der Waals surface area contributed by atoms with Crippen LogP contribution in [0.3, 0.4) is 0 Å². The van der Waals surface area contributed by atoms with Gasteiger partial charge in [-0.1, -0.05) is 116 Å². The average molecular weight is 896 g/mol. The standard InChI is InChI=1S/C54H89NO9/c1-5-7-9-11-13-17-25-44(26-18-14-12-10-8-6-2)64-50(61)28-20-16-22-36-55(37-23-24-38-56)35-21-15-19-27-49(60)63-41-48(59)54(62)34-32-46-45-30-29-42-39-43(57)31-33-52(42,3)51(45)47(58)40-53(46,54)4/h31,33,39,44-46,51,56,62H,5-30,32,34-38,40-41H2,1-4H3. The predicted molar refractivity (Wildman–Crippen MR) is 253 cm³/mol. The van der Waals surface area contributed by atoms with E-state index in [9.17, 15) is 34.2 Å². The van der Waals surface area contributed by atoms with E-state index >= 15 is 0 Å². The number of carbonyl (C=O) groups is 5. The van der Waals surface area contributed by atoms with Crippen molar-refractivity contribution >= 4 is 29.3 Å². The van der Waals surface area contributed by atoms with Crippen LogP contribution in [0.5, 0.6) is 0 Å². The first-order valence-electron chi connectivity index (χ1n) is 26.2. The number of allylic oxidation sites excluding steroid dienone is 4. The Hall–Kier alpha value is -2.69. The number of hydrogen-bond acceptors (Lipinski definition) is 10. The van der Waals surface area contributed by atoms with Crippen molar-refractivity contribution in [2.75, 3.05) is 32.8 Å². The number of ketones is 3. The second-order valence-corrected chi connectivity index (χ2v) is 20.6. The largest absolute Gasteiger partial charge is 0.462 e. The second kappa shape index (κ2) is 27.8. The van der Waals surface area contributed by atoms with Crippen LogP contribution in [0.25, 0.3) is 0 Å². The molecule has 3 fully saturated rings. The van der Waals surface area contributed by atoms with Crippen molar-refractivity contribution in [1.82, 2.24) is 4.90 Å². The van der Waals surface area contributed by atoms with Crippen LogP contribution < -0.4 is 0 Å². The summed E-state index contributed by atoms with van der Waals surface area (Å²) < 4.78 is 11.5. The number of carbonyl (C=O) groups excluding carboxylic acids is 5. The SMILES string of the molecule is CCCCCCCCC(CCCCCCCC)OC(=O)CCCCCN(CCCCO)CCCCCC(=O)OCC(=O)C1(O)CCC2C3CCC4=CC(=O)C=CC4(C)C3C(=O)CC21C. The molecule has 4 rings (SSSR count). The molecule has 4 aliphatic rings. The third-order valence-electron chi connectivity index (χ3n) is 15.9. The Morgan fingerprint density at radius 3 is 1.92 bits per heavy atom. The lowest BCUT2D eigenvalue weighted by atomic mass is 9.46. The molecule has 0 aromatic rings. The molecule has 4 aliphatic carbocycles. The molecule has 6 atom stereocenters. The highest BCUT2D eigenvalue weighted by Gasteiger charge is 2.68. The lowest BCUT2D eigenvalue weighted by Crippen LogP contribution is -2.60. The molecule has 0 aromatic carbocycles. The first-order chi connectivity index (χ1) is 30.8. The summed E-state index contributed by atoms with van der Waals surface area (Å²) >= 11 is 0. The Balaban J connectivity index is 1.13. The van der Waals surface area contributed by atoms with Crippen molar-refractivity contribution in [1.29, 1.82) is 0 Å². The Kier molecular flexibility index (Phi) is 23.4. The molecule has 6 unspecified atom stereocenters. The van der Waals surface area contributed by atoms with Crippen molar-refractivity contribution in [3.63, 3.8) is 0 Å². The summed E-state index contributed by atoms with van der Waals surface area (Å²) in [6.07, 6.45) is 32.0. The molecule has 0 radical (unpaired) electrons. The van der Waals surface area contributed by atoms with Gasteiger partial charge in [-0.3, -0.25) is 24.0 Å². The van der Waals surface area contributed by atoms with Gasteiger partial charge in [-0.05, 0) is 134 Å². The van der Waals surface area contributed by atoms with E-state index in [1.807, 2.05) is 19.9 Å². The first kappa shape index (κ1) is 53.9. The fourth-order valence-electron chi connectivity index (χ4n) is 12.0. The maximum absolute atomic E-state index is 13.9. The topological polar surface area (TPSA) is 148 Å². The minimum Gasteiger partial charge on any atom is -0.462 e. The van der Waals surface area contributed by atoms with E-state index in [0.717, 1.165) is 109 Å². The molecule has 0 heterocycles. The highest BCUT2D eigenvalue weighted by molar-refractivity contribution is 6.02. The number of aliphatic hydroxyl groups is 2. The molecule has 2 N–H and O–H groups in total. The molecule has 64 heavy (non-hydrogen) atoms. The Morgan fingerprint density at radius 1 is 0.750 bits per heavy atom. The zero-order valence-corrected chi connectivity index (χ0v) is 40.8. The Labute approximate surface area is 387 Å². The summed E-state index contributed by atoms with van der Waals surface area (Å²) in [6.45, 7) is 10.8. The van der Waals surface area contributed by atoms with Gasteiger partial charge in [0.25, 0.3) is 0 Å². The number of rotatable bonds is 34. The fourth-order valence-corrected chi connectivity index (χ4v) is 12.0. The lowest BCUT2D eigenvalue weighted by molar-refractivity contribution is -0.172. The van der Waals surface area contributed by atoms with E-state index in [2.05, 4.69) is 18.7 Å². The van der Waals surface area contributed by atoms with Crippen molar-refractivity contribution in [2.24, 2.45) is 28.6 Å².